The molecule has 0 N–H and O–H groups in total. The number of para-hydroxylation sites is 1. The normalized spacial score (nSPS) is 10.8. The Morgan fingerprint density at radius 1 is 0.812 bits per heavy atom. The summed E-state index contributed by atoms with van der Waals surface area (Å²) in [6.45, 7) is 0. The predicted octanol–water partition coefficient (Wildman–Crippen LogP) is 1.54. The van der Waals surface area contributed by atoms with E-state index in [1.165, 1.54) is 6.07 Å². The second-order valence-corrected chi connectivity index (χ2v) is 3.46. The van der Waals surface area contributed by atoms with Crippen LogP contribution in [0.5, 0.6) is 0 Å². The zero-order chi connectivity index (χ0) is 11.0. The average Bonchev–Trinajstić information content (AvgIpc) is 2.49. The van der Waals surface area contributed by atoms with Gasteiger partial charge < -0.3 is 0 Å². The van der Waals surface area contributed by atoms with Crippen LogP contribution in [-0.2, 0) is 0 Å². The summed E-state index contributed by atoms with van der Waals surface area (Å²) in [5.41, 5.74) is 1.83. The van der Waals surface area contributed by atoms with Gasteiger partial charge in [-0.3, -0.25) is 4.79 Å². The first-order valence-electron chi connectivity index (χ1n) is 4.86. The Morgan fingerprint density at radius 2 is 1.69 bits per heavy atom. The first-order chi connectivity index (χ1) is 7.83. The molecule has 0 radical (unpaired) electrons. The van der Waals surface area contributed by atoms with E-state index in [2.05, 4.69) is 15.2 Å². The number of pyridine rings is 1. The van der Waals surface area contributed by atoms with Crippen molar-refractivity contribution in [2.24, 2.45) is 0 Å². The van der Waals surface area contributed by atoms with Crippen molar-refractivity contribution in [1.82, 2.24) is 15.2 Å². The van der Waals surface area contributed by atoms with Crippen LogP contribution in [0.1, 0.15) is 0 Å². The molecule has 0 amide bonds. The van der Waals surface area contributed by atoms with E-state index in [0.717, 1.165) is 10.9 Å². The number of hydrogen-bond donors (Lipinski definition) is 0. The third-order valence-corrected chi connectivity index (χ3v) is 2.37. The second-order valence-electron chi connectivity index (χ2n) is 3.46. The largest absolute Gasteiger partial charge is 0.288 e. The highest BCUT2D eigenvalue weighted by molar-refractivity contribution is 5.89. The van der Waals surface area contributed by atoms with Gasteiger partial charge in [0.05, 0.1) is 11.0 Å². The van der Waals surface area contributed by atoms with E-state index in [0.29, 0.717) is 11.0 Å². The lowest BCUT2D eigenvalue weighted by atomic mass is 10.2. The number of benzene rings is 1. The molecule has 0 atom stereocenters. The average molecular weight is 209 g/mol. The van der Waals surface area contributed by atoms with Crippen molar-refractivity contribution >= 4 is 21.9 Å². The smallest absolute Gasteiger partial charge is 0.266 e. The Kier molecular flexibility index (Phi) is 1.86. The topological polar surface area (TPSA) is 55.7 Å². The van der Waals surface area contributed by atoms with Crippen LogP contribution in [0.15, 0.2) is 47.3 Å². The van der Waals surface area contributed by atoms with Crippen LogP contribution in [0.3, 0.4) is 0 Å². The first-order valence-corrected chi connectivity index (χ1v) is 4.86. The van der Waals surface area contributed by atoms with E-state index >= 15 is 0 Å². The fraction of sp³-hybridized carbons (Fsp3) is 0. The molecule has 0 saturated carbocycles. The molecule has 1 aromatic carbocycles. The summed E-state index contributed by atoms with van der Waals surface area (Å²) in [5.74, 6) is 0. The molecule has 2 heterocycles. The second kappa shape index (κ2) is 3.34. The van der Waals surface area contributed by atoms with Crippen molar-refractivity contribution in [3.8, 4) is 0 Å². The minimum atomic E-state index is -0.359. The molecule has 76 valence electrons. The van der Waals surface area contributed by atoms with Gasteiger partial charge in [0.1, 0.15) is 5.52 Å². The van der Waals surface area contributed by atoms with Crippen LogP contribution in [0.2, 0.25) is 0 Å². The molecule has 0 fully saturated rings. The molecule has 0 spiro atoms. The van der Waals surface area contributed by atoms with Crippen molar-refractivity contribution in [2.75, 3.05) is 0 Å². The van der Waals surface area contributed by atoms with E-state index in [1.54, 1.807) is 6.07 Å². The highest BCUT2D eigenvalue weighted by atomic mass is 16.1. The van der Waals surface area contributed by atoms with Crippen molar-refractivity contribution in [3.63, 3.8) is 0 Å². The van der Waals surface area contributed by atoms with Gasteiger partial charge in [-0.2, -0.15) is 0 Å². The lowest BCUT2D eigenvalue weighted by Gasteiger charge is -1.96. The van der Waals surface area contributed by atoms with E-state index in [-0.39, 0.29) is 5.56 Å². The monoisotopic (exact) mass is 209 g/mol. The number of fused-ring (bicyclic) bond motifs is 2. The summed E-state index contributed by atoms with van der Waals surface area (Å²) in [6, 6.07) is 12.6. The summed E-state index contributed by atoms with van der Waals surface area (Å²) in [7, 11) is 0. The van der Waals surface area contributed by atoms with E-state index in [9.17, 15) is 4.79 Å². The number of rotatable bonds is 0. The van der Waals surface area contributed by atoms with E-state index < -0.39 is 0 Å². The van der Waals surface area contributed by atoms with Crippen LogP contribution in [0, 0.1) is 0 Å². The predicted molar refractivity (Wildman–Crippen MR) is 61.1 cm³/mol. The standard InChI is InChI=1S/C12H7N3O/c16-12-6-5-10-11(14-15-12)7-8-3-1-2-4-9(8)13-10/h1-7H. The van der Waals surface area contributed by atoms with Gasteiger partial charge >= 0.3 is 0 Å². The van der Waals surface area contributed by atoms with Gasteiger partial charge in [0.2, 0.25) is 0 Å². The third-order valence-electron chi connectivity index (χ3n) is 2.37. The lowest BCUT2D eigenvalue weighted by Crippen LogP contribution is -1.99. The molecular formula is C12H7N3O. The third kappa shape index (κ3) is 1.40. The van der Waals surface area contributed by atoms with Crippen LogP contribution in [0.4, 0.5) is 0 Å². The van der Waals surface area contributed by atoms with Gasteiger partial charge in [0.25, 0.3) is 5.56 Å². The Labute approximate surface area is 90.6 Å². The lowest BCUT2D eigenvalue weighted by molar-refractivity contribution is 1.04. The Balaban J connectivity index is 2.52. The maximum atomic E-state index is 11.1. The molecule has 0 aliphatic rings. The van der Waals surface area contributed by atoms with Crippen molar-refractivity contribution in [1.29, 1.82) is 0 Å². The summed E-state index contributed by atoms with van der Waals surface area (Å²) in [6.07, 6.45) is 0. The van der Waals surface area contributed by atoms with E-state index in [1.807, 2.05) is 30.3 Å². The fourth-order valence-corrected chi connectivity index (χ4v) is 1.61. The number of hydrogen-bond acceptors (Lipinski definition) is 4. The van der Waals surface area contributed by atoms with Crippen LogP contribution in [0.25, 0.3) is 21.9 Å². The van der Waals surface area contributed by atoms with Crippen LogP contribution in [-0.4, -0.2) is 15.2 Å². The Bertz CT molecular complexity index is 679. The molecule has 0 aliphatic carbocycles. The zero-order valence-electron chi connectivity index (χ0n) is 8.29. The Hall–Kier alpha value is -2.36. The molecule has 0 saturated heterocycles. The highest BCUT2D eigenvalue weighted by Crippen LogP contribution is 2.15. The van der Waals surface area contributed by atoms with Crippen molar-refractivity contribution < 1.29 is 0 Å². The van der Waals surface area contributed by atoms with E-state index in [4.69, 9.17) is 0 Å². The van der Waals surface area contributed by atoms with Crippen LogP contribution < -0.4 is 5.56 Å². The van der Waals surface area contributed by atoms with Gasteiger partial charge in [-0.15, -0.1) is 10.2 Å². The summed E-state index contributed by atoms with van der Waals surface area (Å²) in [5, 5.41) is 8.39. The minimum Gasteiger partial charge on any atom is -0.266 e. The zero-order valence-corrected chi connectivity index (χ0v) is 8.29. The maximum absolute atomic E-state index is 11.1. The molecule has 3 aromatic rings. The quantitative estimate of drug-likeness (QED) is 0.563. The van der Waals surface area contributed by atoms with Gasteiger partial charge in [0, 0.05) is 11.5 Å². The molecule has 0 bridgehead atoms. The SMILES string of the molecule is O=c1ccc2nc3ccccc3cc2nn1. The first kappa shape index (κ1) is 8.91. The van der Waals surface area contributed by atoms with Gasteiger partial charge in [-0.25, -0.2) is 4.98 Å². The minimum absolute atomic E-state index is 0.359. The summed E-state index contributed by atoms with van der Waals surface area (Å²) >= 11 is 0. The summed E-state index contributed by atoms with van der Waals surface area (Å²) < 4.78 is 0. The Morgan fingerprint density at radius 3 is 2.62 bits per heavy atom. The molecule has 4 heteroatoms. The molecule has 3 rings (SSSR count). The fourth-order valence-electron chi connectivity index (χ4n) is 1.61. The van der Waals surface area contributed by atoms with Crippen LogP contribution >= 0.6 is 0 Å². The molecule has 0 unspecified atom stereocenters. The molecule has 16 heavy (non-hydrogen) atoms. The van der Waals surface area contributed by atoms with Crippen molar-refractivity contribution in [3.05, 3.63) is 52.8 Å². The number of aromatic nitrogens is 3. The van der Waals surface area contributed by atoms with Gasteiger partial charge in [0.15, 0.2) is 0 Å². The summed E-state index contributed by atoms with van der Waals surface area (Å²) in [4.78, 5) is 15.5. The molecular weight excluding hydrogens is 202 g/mol. The molecule has 2 aromatic heterocycles. The van der Waals surface area contributed by atoms with Crippen molar-refractivity contribution in [2.45, 2.75) is 0 Å². The van der Waals surface area contributed by atoms with Gasteiger partial charge in [-0.1, -0.05) is 18.2 Å². The molecule has 0 aliphatic heterocycles. The number of nitrogens with zero attached hydrogens (tertiary/aromatic N) is 3. The highest BCUT2D eigenvalue weighted by Gasteiger charge is 1.99. The molecule has 4 nitrogen and oxygen atoms in total. The maximum Gasteiger partial charge on any atom is 0.288 e. The van der Waals surface area contributed by atoms with Gasteiger partial charge in [-0.05, 0) is 18.2 Å².